The molecule has 1 aliphatic heterocycles. The molecule has 4 rings (SSSR count). The molecule has 3 heterocycles. The van der Waals surface area contributed by atoms with Crippen LogP contribution in [0.1, 0.15) is 59.2 Å². The molecule has 24 heavy (non-hydrogen) atoms. The zero-order chi connectivity index (χ0) is 16.5. The molecule has 1 atom stereocenters. The number of rotatable bonds is 4. The molecular formula is C19H25N3OS. The topological polar surface area (TPSA) is 38.1 Å². The number of likely N-dealkylation sites (tertiary alicyclic amines) is 1. The Bertz CT molecular complexity index is 702. The Balaban J connectivity index is 1.45. The fraction of sp³-hybridized carbons (Fsp3) is 0.579. The van der Waals surface area contributed by atoms with Crippen molar-refractivity contribution in [2.45, 2.75) is 51.5 Å². The Morgan fingerprint density at radius 3 is 2.92 bits per heavy atom. The highest BCUT2D eigenvalue weighted by Gasteiger charge is 2.29. The highest BCUT2D eigenvalue weighted by atomic mass is 32.1. The van der Waals surface area contributed by atoms with E-state index in [0.29, 0.717) is 11.8 Å². The lowest BCUT2D eigenvalue weighted by Gasteiger charge is -2.34. The Kier molecular flexibility index (Phi) is 4.44. The highest BCUT2D eigenvalue weighted by Crippen LogP contribution is 2.36. The minimum atomic E-state index is 0.205. The third kappa shape index (κ3) is 3.02. The van der Waals surface area contributed by atoms with Crippen molar-refractivity contribution < 1.29 is 4.79 Å². The van der Waals surface area contributed by atoms with E-state index >= 15 is 0 Å². The zero-order valence-electron chi connectivity index (χ0n) is 14.3. The number of nitrogens with zero attached hydrogens (tertiary/aromatic N) is 3. The number of thiophene rings is 1. The largest absolute Gasteiger partial charge is 0.338 e. The van der Waals surface area contributed by atoms with E-state index in [0.717, 1.165) is 30.9 Å². The lowest BCUT2D eigenvalue weighted by molar-refractivity contribution is 0.0666. The molecule has 1 saturated carbocycles. The van der Waals surface area contributed by atoms with Crippen molar-refractivity contribution in [3.63, 3.8) is 0 Å². The van der Waals surface area contributed by atoms with Gasteiger partial charge in [-0.25, -0.2) is 4.98 Å². The molecule has 0 radical (unpaired) electrons. The summed E-state index contributed by atoms with van der Waals surface area (Å²) in [6, 6.07) is 3.89. The van der Waals surface area contributed by atoms with Crippen molar-refractivity contribution in [1.29, 1.82) is 0 Å². The van der Waals surface area contributed by atoms with Crippen molar-refractivity contribution in [3.05, 3.63) is 40.1 Å². The van der Waals surface area contributed by atoms with Crippen LogP contribution >= 0.6 is 11.3 Å². The first-order chi connectivity index (χ1) is 11.7. The van der Waals surface area contributed by atoms with Gasteiger partial charge in [0.05, 0.1) is 4.88 Å². The molecule has 1 amide bonds. The normalized spacial score (nSPS) is 21.7. The van der Waals surface area contributed by atoms with Gasteiger partial charge in [-0.2, -0.15) is 0 Å². The number of hydrogen-bond donors (Lipinski definition) is 0. The summed E-state index contributed by atoms with van der Waals surface area (Å²) in [6.07, 6.45) is 8.23. The van der Waals surface area contributed by atoms with Crippen LogP contribution in [0, 0.1) is 12.8 Å². The Morgan fingerprint density at radius 2 is 2.21 bits per heavy atom. The van der Waals surface area contributed by atoms with Crippen LogP contribution in [0.5, 0.6) is 0 Å². The first kappa shape index (κ1) is 15.9. The lowest BCUT2D eigenvalue weighted by Crippen LogP contribution is -2.41. The minimum absolute atomic E-state index is 0.205. The van der Waals surface area contributed by atoms with E-state index in [2.05, 4.69) is 21.4 Å². The van der Waals surface area contributed by atoms with Crippen LogP contribution in [0.4, 0.5) is 0 Å². The first-order valence-electron chi connectivity index (χ1n) is 9.07. The van der Waals surface area contributed by atoms with Crippen LogP contribution < -0.4 is 0 Å². The monoisotopic (exact) mass is 343 g/mol. The summed E-state index contributed by atoms with van der Waals surface area (Å²) in [6.45, 7) is 4.93. The summed E-state index contributed by atoms with van der Waals surface area (Å²) in [4.78, 5) is 20.2. The van der Waals surface area contributed by atoms with Crippen LogP contribution in [0.3, 0.4) is 0 Å². The molecular weight excluding hydrogens is 318 g/mol. The van der Waals surface area contributed by atoms with Gasteiger partial charge in [-0.3, -0.25) is 4.79 Å². The first-order valence-corrected chi connectivity index (χ1v) is 9.95. The zero-order valence-corrected chi connectivity index (χ0v) is 15.1. The third-order valence-corrected chi connectivity index (χ3v) is 6.39. The number of aryl methyl sites for hydroxylation is 1. The Labute approximate surface area is 147 Å². The fourth-order valence-electron chi connectivity index (χ4n) is 3.92. The molecule has 128 valence electrons. The molecule has 5 heteroatoms. The van der Waals surface area contributed by atoms with E-state index in [-0.39, 0.29) is 5.91 Å². The highest BCUT2D eigenvalue weighted by molar-refractivity contribution is 7.12. The van der Waals surface area contributed by atoms with Gasteiger partial charge in [0.1, 0.15) is 5.82 Å². The predicted octanol–water partition coefficient (Wildman–Crippen LogP) is 4.07. The average Bonchev–Trinajstić information content (AvgIpc) is 3.18. The predicted molar refractivity (Wildman–Crippen MR) is 96.5 cm³/mol. The van der Waals surface area contributed by atoms with E-state index < -0.39 is 0 Å². The van der Waals surface area contributed by atoms with Gasteiger partial charge in [0.2, 0.25) is 0 Å². The van der Waals surface area contributed by atoms with Crippen LogP contribution in [0.15, 0.2) is 23.7 Å². The quantitative estimate of drug-likeness (QED) is 0.839. The van der Waals surface area contributed by atoms with Crippen molar-refractivity contribution >= 4 is 17.2 Å². The molecule has 0 aromatic carbocycles. The second kappa shape index (κ2) is 6.71. The molecule has 2 aliphatic rings. The summed E-state index contributed by atoms with van der Waals surface area (Å²) < 4.78 is 2.42. The molecule has 2 aromatic heterocycles. The standard InChI is InChI=1S/C19H25N3OS/c1-14-11-20-18(16-6-2-7-16)22(14)13-15-5-3-9-21(12-15)19(23)17-8-4-10-24-17/h4,8,10-11,15-16H,2-3,5-7,9,12-13H2,1H3. The number of piperidine rings is 1. The second-order valence-electron chi connectivity index (χ2n) is 7.23. The Hall–Kier alpha value is -1.62. The number of carbonyl (C=O) groups excluding carboxylic acids is 1. The molecule has 1 saturated heterocycles. The number of hydrogen-bond acceptors (Lipinski definition) is 3. The summed E-state index contributed by atoms with van der Waals surface area (Å²) in [5.74, 6) is 2.68. The van der Waals surface area contributed by atoms with Gasteiger partial charge in [-0.1, -0.05) is 12.5 Å². The molecule has 4 nitrogen and oxygen atoms in total. The molecule has 0 spiro atoms. The van der Waals surface area contributed by atoms with Gasteiger partial charge in [0.15, 0.2) is 0 Å². The van der Waals surface area contributed by atoms with E-state index in [4.69, 9.17) is 0 Å². The maximum atomic E-state index is 12.6. The van der Waals surface area contributed by atoms with Gasteiger partial charge >= 0.3 is 0 Å². The SMILES string of the molecule is Cc1cnc(C2CCC2)n1CC1CCCN(C(=O)c2cccs2)C1. The number of amides is 1. The molecule has 0 N–H and O–H groups in total. The van der Waals surface area contributed by atoms with Gasteiger partial charge in [0.25, 0.3) is 5.91 Å². The average molecular weight is 343 g/mol. The van der Waals surface area contributed by atoms with Crippen LogP contribution in [-0.4, -0.2) is 33.4 Å². The lowest BCUT2D eigenvalue weighted by atomic mass is 9.84. The van der Waals surface area contributed by atoms with Gasteiger partial charge in [-0.05, 0) is 50.0 Å². The maximum absolute atomic E-state index is 12.6. The van der Waals surface area contributed by atoms with Crippen LogP contribution in [0.2, 0.25) is 0 Å². The smallest absolute Gasteiger partial charge is 0.263 e. The molecule has 2 fully saturated rings. The minimum Gasteiger partial charge on any atom is -0.338 e. The van der Waals surface area contributed by atoms with Gasteiger partial charge in [-0.15, -0.1) is 11.3 Å². The van der Waals surface area contributed by atoms with E-state index in [1.807, 2.05) is 23.7 Å². The fourth-order valence-corrected chi connectivity index (χ4v) is 4.61. The second-order valence-corrected chi connectivity index (χ2v) is 8.18. The van der Waals surface area contributed by atoms with Gasteiger partial charge < -0.3 is 9.47 Å². The molecule has 0 bridgehead atoms. The van der Waals surface area contributed by atoms with Crippen molar-refractivity contribution in [2.24, 2.45) is 5.92 Å². The third-order valence-electron chi connectivity index (χ3n) is 5.54. The summed E-state index contributed by atoms with van der Waals surface area (Å²) in [5.41, 5.74) is 1.26. The van der Waals surface area contributed by atoms with Crippen molar-refractivity contribution in [3.8, 4) is 0 Å². The summed E-state index contributed by atoms with van der Waals surface area (Å²) in [7, 11) is 0. The van der Waals surface area contributed by atoms with E-state index in [1.54, 1.807) is 11.3 Å². The van der Waals surface area contributed by atoms with E-state index in [9.17, 15) is 4.79 Å². The van der Waals surface area contributed by atoms with Crippen molar-refractivity contribution in [2.75, 3.05) is 13.1 Å². The van der Waals surface area contributed by atoms with Crippen molar-refractivity contribution in [1.82, 2.24) is 14.5 Å². The molecule has 1 unspecified atom stereocenters. The van der Waals surface area contributed by atoms with Crippen LogP contribution in [0.25, 0.3) is 0 Å². The van der Waals surface area contributed by atoms with Gasteiger partial charge in [0, 0.05) is 37.4 Å². The number of carbonyl (C=O) groups is 1. The number of aromatic nitrogens is 2. The summed E-state index contributed by atoms with van der Waals surface area (Å²) in [5, 5.41) is 1.98. The van der Waals surface area contributed by atoms with E-state index in [1.165, 1.54) is 37.2 Å². The summed E-state index contributed by atoms with van der Waals surface area (Å²) >= 11 is 1.54. The molecule has 1 aliphatic carbocycles. The maximum Gasteiger partial charge on any atom is 0.263 e. The Morgan fingerprint density at radius 1 is 1.33 bits per heavy atom. The van der Waals surface area contributed by atoms with Crippen LogP contribution in [-0.2, 0) is 6.54 Å². The molecule has 2 aromatic rings. The number of imidazole rings is 1.